The molecular weight excluding hydrogens is 444 g/mol. The van der Waals surface area contributed by atoms with Gasteiger partial charge < -0.3 is 14.4 Å². The lowest BCUT2D eigenvalue weighted by Crippen LogP contribution is -2.21. The molecule has 0 saturated carbocycles. The van der Waals surface area contributed by atoms with Gasteiger partial charge in [0.05, 0.1) is 22.8 Å². The summed E-state index contributed by atoms with van der Waals surface area (Å²) < 4.78 is 11.5. The lowest BCUT2D eigenvalue weighted by Gasteiger charge is -2.29. The SMILES string of the molecule is C=CCOc1cc(-c2ccc([N+](=O)[O-])cc2)c(C(=O)OCC)c(C)c1N(CC=C)c1ccccc1. The Morgan fingerprint density at radius 1 is 1.09 bits per heavy atom. The summed E-state index contributed by atoms with van der Waals surface area (Å²) in [6.45, 7) is 12.2. The van der Waals surface area contributed by atoms with Gasteiger partial charge in [0.15, 0.2) is 0 Å². The number of hydrogen-bond donors (Lipinski definition) is 0. The van der Waals surface area contributed by atoms with E-state index in [4.69, 9.17) is 9.47 Å². The van der Waals surface area contributed by atoms with Crippen molar-refractivity contribution in [3.05, 3.63) is 107 Å². The molecule has 3 rings (SSSR count). The van der Waals surface area contributed by atoms with Crippen molar-refractivity contribution >= 4 is 23.0 Å². The summed E-state index contributed by atoms with van der Waals surface area (Å²) in [5.41, 5.74) is 3.78. The molecule has 0 fully saturated rings. The average Bonchev–Trinajstić information content (AvgIpc) is 2.86. The van der Waals surface area contributed by atoms with Crippen LogP contribution in [0.4, 0.5) is 17.1 Å². The highest BCUT2D eigenvalue weighted by atomic mass is 16.6. The van der Waals surface area contributed by atoms with Crippen LogP contribution in [0.5, 0.6) is 5.75 Å². The molecule has 35 heavy (non-hydrogen) atoms. The number of hydrogen-bond acceptors (Lipinski definition) is 6. The second kappa shape index (κ2) is 11.7. The predicted octanol–water partition coefficient (Wildman–Crippen LogP) is 6.64. The number of ether oxygens (including phenoxy) is 2. The number of rotatable bonds is 11. The van der Waals surface area contributed by atoms with Crippen molar-refractivity contribution in [2.75, 3.05) is 24.7 Å². The first-order chi connectivity index (χ1) is 16.9. The summed E-state index contributed by atoms with van der Waals surface area (Å²) in [7, 11) is 0. The fraction of sp³-hybridized carbons (Fsp3) is 0.179. The standard InChI is InChI=1S/C28H28N2O5/c1-5-17-29(22-11-9-8-10-12-22)27-20(4)26(28(31)34-7-3)24(19-25(27)35-18-6-2)21-13-15-23(16-14-21)30(32)33/h5-6,8-16,19H,1-2,7,17-18H2,3-4H3. The smallest absolute Gasteiger partial charge is 0.339 e. The third kappa shape index (κ3) is 5.58. The molecule has 0 atom stereocenters. The number of benzene rings is 3. The summed E-state index contributed by atoms with van der Waals surface area (Å²) in [4.78, 5) is 25.9. The van der Waals surface area contributed by atoms with Crippen molar-refractivity contribution in [3.8, 4) is 16.9 Å². The highest BCUT2D eigenvalue weighted by Gasteiger charge is 2.26. The summed E-state index contributed by atoms with van der Waals surface area (Å²) in [6, 6.07) is 17.6. The number of anilines is 2. The number of carbonyl (C=O) groups excluding carboxylic acids is 1. The predicted molar refractivity (Wildman–Crippen MR) is 139 cm³/mol. The first kappa shape index (κ1) is 25.2. The minimum Gasteiger partial charge on any atom is -0.487 e. The molecular formula is C28H28N2O5. The minimum atomic E-state index is -0.485. The molecule has 0 N–H and O–H groups in total. The Morgan fingerprint density at radius 2 is 1.77 bits per heavy atom. The average molecular weight is 473 g/mol. The maximum absolute atomic E-state index is 13.2. The molecule has 0 saturated heterocycles. The van der Waals surface area contributed by atoms with E-state index in [-0.39, 0.29) is 18.9 Å². The van der Waals surface area contributed by atoms with E-state index in [1.54, 1.807) is 37.3 Å². The van der Waals surface area contributed by atoms with Gasteiger partial charge in [-0.05, 0) is 55.3 Å². The van der Waals surface area contributed by atoms with Crippen LogP contribution in [0.15, 0.2) is 86.0 Å². The number of para-hydroxylation sites is 1. The molecule has 0 aliphatic heterocycles. The molecule has 0 unspecified atom stereocenters. The van der Waals surface area contributed by atoms with E-state index in [9.17, 15) is 14.9 Å². The Bertz CT molecular complexity index is 1220. The summed E-state index contributed by atoms with van der Waals surface area (Å²) in [5, 5.41) is 11.1. The lowest BCUT2D eigenvalue weighted by atomic mass is 9.93. The first-order valence-electron chi connectivity index (χ1n) is 11.2. The van der Waals surface area contributed by atoms with Crippen LogP contribution >= 0.6 is 0 Å². The first-order valence-corrected chi connectivity index (χ1v) is 11.2. The maximum atomic E-state index is 13.2. The Labute approximate surface area is 205 Å². The molecule has 0 aliphatic carbocycles. The van der Waals surface area contributed by atoms with Gasteiger partial charge in [0.1, 0.15) is 12.4 Å². The fourth-order valence-corrected chi connectivity index (χ4v) is 3.89. The van der Waals surface area contributed by atoms with E-state index < -0.39 is 10.9 Å². The lowest BCUT2D eigenvalue weighted by molar-refractivity contribution is -0.384. The van der Waals surface area contributed by atoms with Gasteiger partial charge in [-0.3, -0.25) is 10.1 Å². The van der Waals surface area contributed by atoms with Gasteiger partial charge in [0, 0.05) is 29.9 Å². The molecule has 7 heteroatoms. The van der Waals surface area contributed by atoms with Crippen molar-refractivity contribution in [2.24, 2.45) is 0 Å². The van der Waals surface area contributed by atoms with E-state index >= 15 is 0 Å². The normalized spacial score (nSPS) is 10.3. The fourth-order valence-electron chi connectivity index (χ4n) is 3.89. The van der Waals surface area contributed by atoms with Crippen molar-refractivity contribution in [2.45, 2.75) is 13.8 Å². The van der Waals surface area contributed by atoms with Crippen LogP contribution in [-0.4, -0.2) is 30.7 Å². The number of nitrogens with zero attached hydrogens (tertiary/aromatic N) is 2. The zero-order chi connectivity index (χ0) is 25.4. The maximum Gasteiger partial charge on any atom is 0.339 e. The third-order valence-corrected chi connectivity index (χ3v) is 5.38. The molecule has 0 bridgehead atoms. The van der Waals surface area contributed by atoms with E-state index in [1.807, 2.05) is 42.2 Å². The van der Waals surface area contributed by atoms with Gasteiger partial charge in [-0.25, -0.2) is 4.79 Å². The molecule has 180 valence electrons. The van der Waals surface area contributed by atoms with E-state index in [0.29, 0.717) is 40.2 Å². The molecule has 0 spiro atoms. The molecule has 3 aromatic rings. The zero-order valence-electron chi connectivity index (χ0n) is 19.9. The Kier molecular flexibility index (Phi) is 8.40. The number of non-ortho nitro benzene ring substituents is 1. The van der Waals surface area contributed by atoms with Gasteiger partial charge in [-0.2, -0.15) is 0 Å². The monoisotopic (exact) mass is 472 g/mol. The van der Waals surface area contributed by atoms with Crippen LogP contribution in [0.3, 0.4) is 0 Å². The second-order valence-electron chi connectivity index (χ2n) is 7.63. The molecule has 0 amide bonds. The van der Waals surface area contributed by atoms with Crippen molar-refractivity contribution in [1.29, 1.82) is 0 Å². The van der Waals surface area contributed by atoms with Crippen LogP contribution < -0.4 is 9.64 Å². The van der Waals surface area contributed by atoms with Crippen molar-refractivity contribution < 1.29 is 19.2 Å². The van der Waals surface area contributed by atoms with Crippen LogP contribution in [-0.2, 0) is 4.74 Å². The molecule has 0 aliphatic rings. The Balaban J connectivity index is 2.33. The second-order valence-corrected chi connectivity index (χ2v) is 7.63. The van der Waals surface area contributed by atoms with E-state index in [0.717, 1.165) is 5.69 Å². The zero-order valence-corrected chi connectivity index (χ0v) is 19.9. The van der Waals surface area contributed by atoms with Crippen LogP contribution in [0.25, 0.3) is 11.1 Å². The highest BCUT2D eigenvalue weighted by Crippen LogP contribution is 2.43. The minimum absolute atomic E-state index is 0.0378. The van der Waals surface area contributed by atoms with Crippen molar-refractivity contribution in [1.82, 2.24) is 0 Å². The summed E-state index contributed by atoms with van der Waals surface area (Å²) >= 11 is 0. The topological polar surface area (TPSA) is 81.9 Å². The highest BCUT2D eigenvalue weighted by molar-refractivity contribution is 6.02. The molecule has 7 nitrogen and oxygen atoms in total. The molecule has 0 heterocycles. The van der Waals surface area contributed by atoms with Gasteiger partial charge in [0.25, 0.3) is 5.69 Å². The Morgan fingerprint density at radius 3 is 2.34 bits per heavy atom. The summed E-state index contributed by atoms with van der Waals surface area (Å²) in [6.07, 6.45) is 3.42. The van der Waals surface area contributed by atoms with Gasteiger partial charge >= 0.3 is 5.97 Å². The van der Waals surface area contributed by atoms with Gasteiger partial charge in [-0.15, -0.1) is 6.58 Å². The van der Waals surface area contributed by atoms with Gasteiger partial charge in [0.2, 0.25) is 0 Å². The number of carbonyl (C=O) groups is 1. The van der Waals surface area contributed by atoms with Crippen LogP contribution in [0.2, 0.25) is 0 Å². The van der Waals surface area contributed by atoms with Crippen LogP contribution in [0, 0.1) is 17.0 Å². The molecule has 0 aromatic heterocycles. The molecule has 3 aromatic carbocycles. The van der Waals surface area contributed by atoms with E-state index in [1.165, 1.54) is 12.1 Å². The van der Waals surface area contributed by atoms with Crippen molar-refractivity contribution in [3.63, 3.8) is 0 Å². The van der Waals surface area contributed by atoms with Crippen LogP contribution in [0.1, 0.15) is 22.8 Å². The third-order valence-electron chi connectivity index (χ3n) is 5.38. The number of nitro benzene ring substituents is 1. The summed E-state index contributed by atoms with van der Waals surface area (Å²) in [5.74, 6) is 0.0518. The number of esters is 1. The van der Waals surface area contributed by atoms with Gasteiger partial charge in [-0.1, -0.05) is 36.9 Å². The number of nitro groups is 1. The quantitative estimate of drug-likeness (QED) is 0.135. The largest absolute Gasteiger partial charge is 0.487 e. The molecule has 0 radical (unpaired) electrons. The van der Waals surface area contributed by atoms with E-state index in [2.05, 4.69) is 13.2 Å². The Hall–Kier alpha value is -4.39.